The maximum atomic E-state index is 12.4. The van der Waals surface area contributed by atoms with Crippen LogP contribution in [0.2, 0.25) is 5.02 Å². The van der Waals surface area contributed by atoms with Crippen LogP contribution in [0.15, 0.2) is 70.2 Å². The number of carbonyl (C=O) groups is 2. The number of benzene rings is 2. The third-order valence-electron chi connectivity index (χ3n) is 4.16. The van der Waals surface area contributed by atoms with E-state index in [1.165, 1.54) is 31.5 Å². The lowest BCUT2D eigenvalue weighted by atomic mass is 10.1. The van der Waals surface area contributed by atoms with Gasteiger partial charge in [-0.2, -0.15) is 0 Å². The van der Waals surface area contributed by atoms with Crippen LogP contribution < -0.4 is 15.4 Å². The quantitative estimate of drug-likeness (QED) is 0.514. The molecule has 2 amide bonds. The normalized spacial score (nSPS) is 11.1. The highest BCUT2D eigenvalue weighted by molar-refractivity contribution is 7.89. The molecule has 0 aliphatic rings. The Bertz CT molecular complexity index is 1160. The van der Waals surface area contributed by atoms with E-state index in [1.807, 2.05) is 0 Å². The van der Waals surface area contributed by atoms with Crippen LogP contribution in [0.25, 0.3) is 0 Å². The molecular formula is C20H18ClN3O5S. The first-order valence-electron chi connectivity index (χ1n) is 8.75. The second-order valence-corrected chi connectivity index (χ2v) is 8.43. The van der Waals surface area contributed by atoms with E-state index in [2.05, 4.69) is 15.4 Å². The van der Waals surface area contributed by atoms with Crippen LogP contribution in [0.3, 0.4) is 0 Å². The number of amides is 2. The summed E-state index contributed by atoms with van der Waals surface area (Å²) in [5, 5.41) is 5.43. The van der Waals surface area contributed by atoms with Crippen molar-refractivity contribution >= 4 is 39.1 Å². The Morgan fingerprint density at radius 1 is 1.03 bits per heavy atom. The molecule has 0 spiro atoms. The summed E-state index contributed by atoms with van der Waals surface area (Å²) in [6.45, 7) is 0.210. The molecule has 0 radical (unpaired) electrons. The smallest absolute Gasteiger partial charge is 0.291 e. The lowest BCUT2D eigenvalue weighted by Gasteiger charge is -2.10. The fourth-order valence-electron chi connectivity index (χ4n) is 2.55. The summed E-state index contributed by atoms with van der Waals surface area (Å²) in [6.07, 6.45) is 1.42. The molecule has 3 aromatic rings. The van der Waals surface area contributed by atoms with E-state index >= 15 is 0 Å². The first-order valence-corrected chi connectivity index (χ1v) is 10.6. The Kier molecular flexibility index (Phi) is 6.56. The average Bonchev–Trinajstić information content (AvgIpc) is 3.28. The van der Waals surface area contributed by atoms with Crippen molar-refractivity contribution < 1.29 is 22.4 Å². The van der Waals surface area contributed by atoms with Gasteiger partial charge in [0.15, 0.2) is 5.76 Å². The molecule has 0 bridgehead atoms. The monoisotopic (exact) mass is 447 g/mol. The van der Waals surface area contributed by atoms with Crippen LogP contribution >= 0.6 is 11.6 Å². The van der Waals surface area contributed by atoms with Gasteiger partial charge in [-0.25, -0.2) is 13.1 Å². The fourth-order valence-corrected chi connectivity index (χ4v) is 3.80. The number of furan rings is 1. The molecule has 8 nitrogen and oxygen atoms in total. The Hall–Kier alpha value is -3.14. The van der Waals surface area contributed by atoms with Crippen LogP contribution in [0.1, 0.15) is 26.5 Å². The molecule has 0 fully saturated rings. The summed E-state index contributed by atoms with van der Waals surface area (Å²) in [5.41, 5.74) is 1.53. The number of carbonyl (C=O) groups excluding carboxylic acids is 2. The molecular weight excluding hydrogens is 430 g/mol. The Labute approximate surface area is 178 Å². The number of hydrogen-bond donors (Lipinski definition) is 3. The molecule has 2 aromatic carbocycles. The van der Waals surface area contributed by atoms with Gasteiger partial charge in [-0.1, -0.05) is 23.7 Å². The summed E-state index contributed by atoms with van der Waals surface area (Å²) in [4.78, 5) is 24.2. The second kappa shape index (κ2) is 9.12. The van der Waals surface area contributed by atoms with Crippen molar-refractivity contribution in [2.24, 2.45) is 0 Å². The topological polar surface area (TPSA) is 118 Å². The molecule has 0 atom stereocenters. The minimum Gasteiger partial charge on any atom is -0.459 e. The van der Waals surface area contributed by atoms with Gasteiger partial charge in [-0.05, 0) is 55.1 Å². The molecule has 1 heterocycles. The Balaban J connectivity index is 1.62. The van der Waals surface area contributed by atoms with Crippen LogP contribution in [0.5, 0.6) is 0 Å². The van der Waals surface area contributed by atoms with Crippen molar-refractivity contribution in [1.29, 1.82) is 0 Å². The predicted molar refractivity (Wildman–Crippen MR) is 112 cm³/mol. The Morgan fingerprint density at radius 2 is 1.77 bits per heavy atom. The number of rotatable bonds is 7. The molecule has 0 aliphatic carbocycles. The molecule has 10 heteroatoms. The molecule has 1 aromatic heterocycles. The molecule has 0 saturated heterocycles. The van der Waals surface area contributed by atoms with Crippen molar-refractivity contribution in [2.75, 3.05) is 12.4 Å². The third kappa shape index (κ3) is 5.07. The Morgan fingerprint density at radius 3 is 2.40 bits per heavy atom. The van der Waals surface area contributed by atoms with E-state index in [9.17, 15) is 18.0 Å². The molecule has 0 aliphatic heterocycles. The highest BCUT2D eigenvalue weighted by Gasteiger charge is 2.18. The average molecular weight is 448 g/mol. The lowest BCUT2D eigenvalue weighted by Crippen LogP contribution is -2.24. The number of anilines is 1. The van der Waals surface area contributed by atoms with Gasteiger partial charge >= 0.3 is 0 Å². The van der Waals surface area contributed by atoms with Crippen molar-refractivity contribution in [1.82, 2.24) is 10.0 Å². The van der Waals surface area contributed by atoms with Crippen LogP contribution in [0, 0.1) is 0 Å². The molecule has 0 unspecified atom stereocenters. The number of nitrogens with one attached hydrogen (secondary N) is 3. The first kappa shape index (κ1) is 21.6. The van der Waals surface area contributed by atoms with Crippen LogP contribution in [-0.4, -0.2) is 27.3 Å². The van der Waals surface area contributed by atoms with Gasteiger partial charge in [0.1, 0.15) is 4.90 Å². The number of sulfonamides is 1. The van der Waals surface area contributed by atoms with E-state index in [4.69, 9.17) is 16.0 Å². The highest BCUT2D eigenvalue weighted by atomic mass is 35.5. The minimum atomic E-state index is -3.79. The minimum absolute atomic E-state index is 0.0214. The van der Waals surface area contributed by atoms with Crippen LogP contribution in [-0.2, 0) is 16.6 Å². The maximum Gasteiger partial charge on any atom is 0.291 e. The van der Waals surface area contributed by atoms with Gasteiger partial charge in [0.05, 0.1) is 11.3 Å². The zero-order valence-electron chi connectivity index (χ0n) is 15.8. The summed E-state index contributed by atoms with van der Waals surface area (Å²) < 4.78 is 31.2. The second-order valence-electron chi connectivity index (χ2n) is 6.16. The maximum absolute atomic E-state index is 12.4. The van der Waals surface area contributed by atoms with Gasteiger partial charge in [-0.3, -0.25) is 9.59 Å². The van der Waals surface area contributed by atoms with Gasteiger partial charge in [-0.15, -0.1) is 0 Å². The van der Waals surface area contributed by atoms with E-state index in [0.717, 1.165) is 5.56 Å². The van der Waals surface area contributed by atoms with Gasteiger partial charge in [0.2, 0.25) is 10.0 Å². The first-order chi connectivity index (χ1) is 14.3. The molecule has 3 N–H and O–H groups in total. The molecule has 0 saturated carbocycles. The van der Waals surface area contributed by atoms with E-state index < -0.39 is 15.9 Å². The summed E-state index contributed by atoms with van der Waals surface area (Å²) in [7, 11) is -2.52. The SMILES string of the molecule is CNS(=O)(=O)c1cc(C(=O)NCc2ccc(NC(=O)c3ccco3)cc2)ccc1Cl. The van der Waals surface area contributed by atoms with E-state index in [-0.39, 0.29) is 33.7 Å². The lowest BCUT2D eigenvalue weighted by molar-refractivity contribution is 0.0949. The molecule has 30 heavy (non-hydrogen) atoms. The third-order valence-corrected chi connectivity index (χ3v) is 6.06. The summed E-state index contributed by atoms with van der Waals surface area (Å²) in [5.74, 6) is -0.612. The largest absolute Gasteiger partial charge is 0.459 e. The zero-order valence-corrected chi connectivity index (χ0v) is 17.4. The predicted octanol–water partition coefficient (Wildman–Crippen LogP) is 3.02. The van der Waals surface area contributed by atoms with E-state index in [0.29, 0.717) is 5.69 Å². The highest BCUT2D eigenvalue weighted by Crippen LogP contribution is 2.22. The van der Waals surface area contributed by atoms with Crippen molar-refractivity contribution in [3.05, 3.63) is 82.8 Å². The number of halogens is 1. The van der Waals surface area contributed by atoms with Gasteiger partial charge < -0.3 is 15.1 Å². The van der Waals surface area contributed by atoms with Crippen molar-refractivity contribution in [3.63, 3.8) is 0 Å². The summed E-state index contributed by atoms with van der Waals surface area (Å²) in [6, 6.07) is 14.1. The fraction of sp³-hybridized carbons (Fsp3) is 0.100. The molecule has 156 valence electrons. The van der Waals surface area contributed by atoms with Crippen molar-refractivity contribution in [2.45, 2.75) is 11.4 Å². The summed E-state index contributed by atoms with van der Waals surface area (Å²) >= 11 is 5.93. The molecule has 3 rings (SSSR count). The van der Waals surface area contributed by atoms with Crippen molar-refractivity contribution in [3.8, 4) is 0 Å². The number of hydrogen-bond acceptors (Lipinski definition) is 5. The van der Waals surface area contributed by atoms with E-state index in [1.54, 1.807) is 36.4 Å². The van der Waals surface area contributed by atoms with Crippen LogP contribution in [0.4, 0.5) is 5.69 Å². The standard InChI is InChI=1S/C20H18ClN3O5S/c1-22-30(27,28)18-11-14(6-9-16(18)21)19(25)23-12-13-4-7-15(8-5-13)24-20(26)17-3-2-10-29-17/h2-11,22H,12H2,1H3,(H,23,25)(H,24,26). The zero-order chi connectivity index (χ0) is 21.7. The van der Waals surface area contributed by atoms with Gasteiger partial charge in [0.25, 0.3) is 11.8 Å². The van der Waals surface area contributed by atoms with Gasteiger partial charge in [0, 0.05) is 17.8 Å².